The average molecular weight is 386 g/mol. The molecule has 1 N–H and O–H groups in total. The number of halogens is 1. The van der Waals surface area contributed by atoms with Gasteiger partial charge in [-0.15, -0.1) is 0 Å². The monoisotopic (exact) mass is 385 g/mol. The smallest absolute Gasteiger partial charge is 0.326 e. The predicted octanol–water partition coefficient (Wildman–Crippen LogP) is 4.97. The molecular formula is C22H24ClNO3. The van der Waals surface area contributed by atoms with Gasteiger partial charge in [-0.05, 0) is 54.5 Å². The van der Waals surface area contributed by atoms with Gasteiger partial charge in [0.05, 0.1) is 6.04 Å². The van der Waals surface area contributed by atoms with Crippen LogP contribution in [0.3, 0.4) is 0 Å². The van der Waals surface area contributed by atoms with E-state index in [-0.39, 0.29) is 11.9 Å². The van der Waals surface area contributed by atoms with Crippen molar-refractivity contribution < 1.29 is 14.7 Å². The first-order valence-corrected chi connectivity index (χ1v) is 9.65. The maximum Gasteiger partial charge on any atom is 0.326 e. The lowest BCUT2D eigenvalue weighted by Gasteiger charge is -2.29. The SMILES string of the molecule is CC(C)Cc1ccc(C(=O)N2[C@@H](c3ccccc3Cl)CC[C@H]2C(=O)O)cc1. The second kappa shape index (κ2) is 8.13. The molecule has 1 aliphatic rings. The molecule has 0 saturated carbocycles. The van der Waals surface area contributed by atoms with Crippen molar-refractivity contribution in [3.05, 3.63) is 70.2 Å². The molecule has 2 atom stereocenters. The van der Waals surface area contributed by atoms with E-state index >= 15 is 0 Å². The molecule has 1 fully saturated rings. The Bertz CT molecular complexity index is 832. The van der Waals surface area contributed by atoms with Crippen molar-refractivity contribution in [2.75, 3.05) is 0 Å². The highest BCUT2D eigenvalue weighted by molar-refractivity contribution is 6.31. The molecule has 1 amide bonds. The van der Waals surface area contributed by atoms with Crippen LogP contribution in [0.5, 0.6) is 0 Å². The molecule has 2 aromatic rings. The minimum absolute atomic E-state index is 0.263. The number of carboxylic acids is 1. The highest BCUT2D eigenvalue weighted by atomic mass is 35.5. The summed E-state index contributed by atoms with van der Waals surface area (Å²) in [4.78, 5) is 26.5. The highest BCUT2D eigenvalue weighted by Gasteiger charge is 2.42. The Balaban J connectivity index is 1.92. The van der Waals surface area contributed by atoms with Gasteiger partial charge in [0.2, 0.25) is 0 Å². The van der Waals surface area contributed by atoms with Gasteiger partial charge >= 0.3 is 5.97 Å². The third-order valence-corrected chi connectivity index (χ3v) is 5.36. The van der Waals surface area contributed by atoms with E-state index in [0.717, 1.165) is 12.0 Å². The molecule has 2 aromatic carbocycles. The van der Waals surface area contributed by atoms with Crippen molar-refractivity contribution in [2.45, 2.75) is 45.2 Å². The van der Waals surface area contributed by atoms with Crippen LogP contribution in [0.4, 0.5) is 0 Å². The number of hydrogen-bond acceptors (Lipinski definition) is 2. The number of nitrogens with zero attached hydrogens (tertiary/aromatic N) is 1. The maximum absolute atomic E-state index is 13.2. The lowest BCUT2D eigenvalue weighted by Crippen LogP contribution is -2.41. The molecule has 0 radical (unpaired) electrons. The molecule has 3 rings (SSSR count). The van der Waals surface area contributed by atoms with Gasteiger partial charge in [-0.3, -0.25) is 4.79 Å². The van der Waals surface area contributed by atoms with E-state index < -0.39 is 12.0 Å². The third-order valence-electron chi connectivity index (χ3n) is 5.01. The Morgan fingerprint density at radius 3 is 2.37 bits per heavy atom. The molecule has 0 unspecified atom stereocenters. The second-order valence-electron chi connectivity index (χ2n) is 7.48. The highest BCUT2D eigenvalue weighted by Crippen LogP contribution is 2.40. The Kier molecular flexibility index (Phi) is 5.85. The van der Waals surface area contributed by atoms with Crippen LogP contribution in [-0.4, -0.2) is 27.9 Å². The zero-order chi connectivity index (χ0) is 19.6. The summed E-state index contributed by atoms with van der Waals surface area (Å²) in [6.45, 7) is 4.30. The summed E-state index contributed by atoms with van der Waals surface area (Å²) >= 11 is 6.33. The van der Waals surface area contributed by atoms with Crippen LogP contribution in [-0.2, 0) is 11.2 Å². The molecule has 0 spiro atoms. The Labute approximate surface area is 164 Å². The Morgan fingerprint density at radius 1 is 1.11 bits per heavy atom. The summed E-state index contributed by atoms with van der Waals surface area (Å²) < 4.78 is 0. The van der Waals surface area contributed by atoms with Gasteiger partial charge < -0.3 is 10.0 Å². The van der Waals surface area contributed by atoms with Crippen LogP contribution < -0.4 is 0 Å². The van der Waals surface area contributed by atoms with Crippen LogP contribution in [0.25, 0.3) is 0 Å². The normalized spacial score (nSPS) is 19.5. The van der Waals surface area contributed by atoms with Crippen molar-refractivity contribution in [1.29, 1.82) is 0 Å². The van der Waals surface area contributed by atoms with Crippen molar-refractivity contribution in [3.8, 4) is 0 Å². The van der Waals surface area contributed by atoms with Gasteiger partial charge in [-0.25, -0.2) is 4.79 Å². The number of carbonyl (C=O) groups is 2. The first kappa shape index (κ1) is 19.4. The molecule has 1 saturated heterocycles. The number of rotatable bonds is 5. The lowest BCUT2D eigenvalue weighted by atomic mass is 10.0. The van der Waals surface area contributed by atoms with Crippen molar-refractivity contribution in [3.63, 3.8) is 0 Å². The largest absolute Gasteiger partial charge is 0.480 e. The molecule has 1 heterocycles. The van der Waals surface area contributed by atoms with Gasteiger partial charge in [0.15, 0.2) is 0 Å². The lowest BCUT2D eigenvalue weighted by molar-refractivity contribution is -0.141. The Hall–Kier alpha value is -2.33. The summed E-state index contributed by atoms with van der Waals surface area (Å²) in [5, 5.41) is 10.2. The zero-order valence-corrected chi connectivity index (χ0v) is 16.3. The number of aliphatic carboxylic acids is 1. The summed E-state index contributed by atoms with van der Waals surface area (Å²) in [6.07, 6.45) is 1.94. The van der Waals surface area contributed by atoms with E-state index in [2.05, 4.69) is 13.8 Å². The molecule has 1 aliphatic heterocycles. The van der Waals surface area contributed by atoms with Crippen LogP contribution in [0.2, 0.25) is 5.02 Å². The van der Waals surface area contributed by atoms with Crippen LogP contribution in [0.1, 0.15) is 54.2 Å². The van der Waals surface area contributed by atoms with Gasteiger partial charge in [0.1, 0.15) is 6.04 Å². The van der Waals surface area contributed by atoms with Gasteiger partial charge in [-0.2, -0.15) is 0 Å². The van der Waals surface area contributed by atoms with Gasteiger partial charge in [0.25, 0.3) is 5.91 Å². The summed E-state index contributed by atoms with van der Waals surface area (Å²) in [5.74, 6) is -0.707. The van der Waals surface area contributed by atoms with E-state index in [9.17, 15) is 14.7 Å². The molecule has 142 valence electrons. The zero-order valence-electron chi connectivity index (χ0n) is 15.6. The molecule has 5 heteroatoms. The topological polar surface area (TPSA) is 57.6 Å². The van der Waals surface area contributed by atoms with Crippen LogP contribution >= 0.6 is 11.6 Å². The van der Waals surface area contributed by atoms with Crippen LogP contribution in [0.15, 0.2) is 48.5 Å². The van der Waals surface area contributed by atoms with E-state index in [1.807, 2.05) is 30.3 Å². The van der Waals surface area contributed by atoms with Gasteiger partial charge in [0, 0.05) is 10.6 Å². The number of carboxylic acid groups (broad SMARTS) is 1. The number of amides is 1. The van der Waals surface area contributed by atoms with Crippen molar-refractivity contribution >= 4 is 23.5 Å². The minimum Gasteiger partial charge on any atom is -0.480 e. The van der Waals surface area contributed by atoms with Crippen molar-refractivity contribution in [1.82, 2.24) is 4.90 Å². The number of hydrogen-bond donors (Lipinski definition) is 1. The molecular weight excluding hydrogens is 362 g/mol. The van der Waals surface area contributed by atoms with E-state index in [0.29, 0.717) is 29.3 Å². The first-order chi connectivity index (χ1) is 12.9. The fourth-order valence-corrected chi connectivity index (χ4v) is 4.05. The fraction of sp³-hybridized carbons (Fsp3) is 0.364. The van der Waals surface area contributed by atoms with Crippen molar-refractivity contribution in [2.24, 2.45) is 5.92 Å². The third kappa shape index (κ3) is 4.16. The number of benzene rings is 2. The quantitative estimate of drug-likeness (QED) is 0.790. The second-order valence-corrected chi connectivity index (χ2v) is 7.88. The molecule has 27 heavy (non-hydrogen) atoms. The maximum atomic E-state index is 13.2. The predicted molar refractivity (Wildman–Crippen MR) is 106 cm³/mol. The number of likely N-dealkylation sites (tertiary alicyclic amines) is 1. The molecule has 4 nitrogen and oxygen atoms in total. The average Bonchev–Trinajstić information content (AvgIpc) is 3.06. The van der Waals surface area contributed by atoms with Gasteiger partial charge in [-0.1, -0.05) is 55.8 Å². The van der Waals surface area contributed by atoms with E-state index in [1.165, 1.54) is 10.5 Å². The fourth-order valence-electron chi connectivity index (χ4n) is 3.79. The first-order valence-electron chi connectivity index (χ1n) is 9.27. The Morgan fingerprint density at radius 2 is 1.78 bits per heavy atom. The van der Waals surface area contributed by atoms with E-state index in [4.69, 9.17) is 11.6 Å². The standard InChI is InChI=1S/C22H24ClNO3/c1-14(2)13-15-7-9-16(10-8-15)21(25)24-19(11-12-20(24)22(26)27)17-5-3-4-6-18(17)23/h3-10,14,19-20H,11-13H2,1-2H3,(H,26,27)/t19-,20+/m1/s1. The summed E-state index contributed by atoms with van der Waals surface area (Å²) in [6, 6.07) is 13.6. The molecule has 0 aromatic heterocycles. The van der Waals surface area contributed by atoms with E-state index in [1.54, 1.807) is 18.2 Å². The molecule has 0 aliphatic carbocycles. The summed E-state index contributed by atoms with van der Waals surface area (Å²) in [5.41, 5.74) is 2.47. The molecule has 0 bridgehead atoms. The summed E-state index contributed by atoms with van der Waals surface area (Å²) in [7, 11) is 0. The minimum atomic E-state index is -0.977. The van der Waals surface area contributed by atoms with Crippen LogP contribution in [0, 0.1) is 5.92 Å². The number of carbonyl (C=O) groups excluding carboxylic acids is 1.